The van der Waals surface area contributed by atoms with Crippen LogP contribution in [0.25, 0.3) is 0 Å². The van der Waals surface area contributed by atoms with Crippen molar-refractivity contribution in [1.82, 2.24) is 0 Å². The Labute approximate surface area is 89.3 Å². The highest BCUT2D eigenvalue weighted by atomic mass is 16.6. The van der Waals surface area contributed by atoms with Crippen molar-refractivity contribution in [2.24, 2.45) is 9.98 Å². The lowest BCUT2D eigenvalue weighted by atomic mass is 10.5. The number of hydrogen-bond acceptors (Lipinski definition) is 5. The summed E-state index contributed by atoms with van der Waals surface area (Å²) in [4.78, 5) is 29.4. The zero-order valence-corrected chi connectivity index (χ0v) is 9.10. The third-order valence-electron chi connectivity index (χ3n) is 1.29. The molecule has 0 aromatic heterocycles. The van der Waals surface area contributed by atoms with Crippen LogP contribution in [-0.2, 0) is 14.3 Å². The molecule has 0 spiro atoms. The van der Waals surface area contributed by atoms with Crippen molar-refractivity contribution in [2.45, 2.75) is 26.7 Å². The zero-order chi connectivity index (χ0) is 11.5. The Morgan fingerprint density at radius 2 is 1.40 bits per heavy atom. The van der Waals surface area contributed by atoms with Crippen LogP contribution in [0.2, 0.25) is 0 Å². The summed E-state index contributed by atoms with van der Waals surface area (Å²) in [5.74, 6) is -1.28. The van der Waals surface area contributed by atoms with E-state index in [1.54, 1.807) is 12.4 Å². The van der Waals surface area contributed by atoms with Gasteiger partial charge < -0.3 is 4.74 Å². The molecular weight excluding hydrogens is 196 g/mol. The van der Waals surface area contributed by atoms with E-state index in [4.69, 9.17) is 0 Å². The molecule has 0 aliphatic rings. The molecule has 0 aromatic rings. The molecule has 0 N–H and O–H groups in total. The number of hydrogen-bond donors (Lipinski definition) is 0. The lowest BCUT2D eigenvalue weighted by Gasteiger charge is -1.97. The SMILES string of the molecule is CCC=NCC(=O)OC(=O)CN=CCC. The topological polar surface area (TPSA) is 68.1 Å². The fraction of sp³-hybridized carbons (Fsp3) is 0.600. The molecule has 0 amide bonds. The molecule has 0 saturated carbocycles. The number of esters is 2. The van der Waals surface area contributed by atoms with E-state index in [1.165, 1.54) is 0 Å². The molecule has 84 valence electrons. The first-order valence-electron chi connectivity index (χ1n) is 4.90. The van der Waals surface area contributed by atoms with Gasteiger partial charge in [0.05, 0.1) is 0 Å². The van der Waals surface area contributed by atoms with Crippen molar-refractivity contribution in [2.75, 3.05) is 13.1 Å². The molecule has 0 aliphatic heterocycles. The van der Waals surface area contributed by atoms with Crippen LogP contribution in [0.4, 0.5) is 0 Å². The molecule has 15 heavy (non-hydrogen) atoms. The molecule has 0 aliphatic carbocycles. The molecule has 0 bridgehead atoms. The first-order chi connectivity index (χ1) is 7.20. The van der Waals surface area contributed by atoms with Crippen molar-refractivity contribution in [3.8, 4) is 0 Å². The van der Waals surface area contributed by atoms with Gasteiger partial charge in [0.2, 0.25) is 0 Å². The lowest BCUT2D eigenvalue weighted by Crippen LogP contribution is -2.16. The zero-order valence-electron chi connectivity index (χ0n) is 9.10. The average molecular weight is 212 g/mol. The van der Waals surface area contributed by atoms with Gasteiger partial charge >= 0.3 is 11.9 Å². The molecule has 0 aromatic carbocycles. The second kappa shape index (κ2) is 9.05. The van der Waals surface area contributed by atoms with E-state index in [0.717, 1.165) is 12.8 Å². The van der Waals surface area contributed by atoms with Crippen molar-refractivity contribution in [3.63, 3.8) is 0 Å². The normalized spacial score (nSPS) is 11.1. The van der Waals surface area contributed by atoms with Crippen LogP contribution < -0.4 is 0 Å². The Balaban J connectivity index is 3.71. The molecular formula is C10H16N2O3. The van der Waals surface area contributed by atoms with Crippen molar-refractivity contribution in [3.05, 3.63) is 0 Å². The molecule has 0 saturated heterocycles. The van der Waals surface area contributed by atoms with E-state index in [0.29, 0.717) is 0 Å². The van der Waals surface area contributed by atoms with Crippen LogP contribution in [0.1, 0.15) is 26.7 Å². The fourth-order valence-corrected chi connectivity index (χ4v) is 0.728. The van der Waals surface area contributed by atoms with Gasteiger partial charge in [-0.3, -0.25) is 9.98 Å². The minimum atomic E-state index is -0.642. The van der Waals surface area contributed by atoms with E-state index in [-0.39, 0.29) is 13.1 Å². The van der Waals surface area contributed by atoms with Crippen LogP contribution in [0, 0.1) is 0 Å². The van der Waals surface area contributed by atoms with E-state index in [2.05, 4.69) is 14.7 Å². The Bertz CT molecular complexity index is 233. The smallest absolute Gasteiger partial charge is 0.335 e. The summed E-state index contributed by atoms with van der Waals surface area (Å²) >= 11 is 0. The van der Waals surface area contributed by atoms with Gasteiger partial charge in [0.1, 0.15) is 13.1 Å². The molecule has 0 heterocycles. The van der Waals surface area contributed by atoms with Gasteiger partial charge in [-0.2, -0.15) is 0 Å². The third kappa shape index (κ3) is 8.80. The van der Waals surface area contributed by atoms with Gasteiger partial charge in [0.25, 0.3) is 0 Å². The summed E-state index contributed by atoms with van der Waals surface area (Å²) < 4.78 is 4.44. The summed E-state index contributed by atoms with van der Waals surface area (Å²) in [7, 11) is 0. The Kier molecular flexibility index (Phi) is 8.13. The van der Waals surface area contributed by atoms with Crippen molar-refractivity contribution in [1.29, 1.82) is 0 Å². The predicted octanol–water partition coefficient (Wildman–Crippen LogP) is 1.02. The van der Waals surface area contributed by atoms with Crippen molar-refractivity contribution < 1.29 is 14.3 Å². The maximum absolute atomic E-state index is 11.0. The number of carbonyl (C=O) groups is 2. The molecule has 0 unspecified atom stereocenters. The van der Waals surface area contributed by atoms with E-state index in [9.17, 15) is 9.59 Å². The van der Waals surface area contributed by atoms with Crippen molar-refractivity contribution >= 4 is 24.4 Å². The summed E-state index contributed by atoms with van der Waals surface area (Å²) in [6, 6.07) is 0. The number of rotatable bonds is 6. The van der Waals surface area contributed by atoms with Gasteiger partial charge in [0.15, 0.2) is 0 Å². The fourth-order valence-electron chi connectivity index (χ4n) is 0.728. The quantitative estimate of drug-likeness (QED) is 0.375. The highest BCUT2D eigenvalue weighted by Gasteiger charge is 2.07. The maximum atomic E-state index is 11.0. The minimum absolute atomic E-state index is 0.114. The third-order valence-corrected chi connectivity index (χ3v) is 1.29. The Morgan fingerprint density at radius 3 is 1.73 bits per heavy atom. The van der Waals surface area contributed by atoms with E-state index < -0.39 is 11.9 Å². The average Bonchev–Trinajstić information content (AvgIpc) is 2.18. The predicted molar refractivity (Wildman–Crippen MR) is 58.4 cm³/mol. The lowest BCUT2D eigenvalue weighted by molar-refractivity contribution is -0.157. The van der Waals surface area contributed by atoms with Crippen LogP contribution in [0.5, 0.6) is 0 Å². The number of carbonyl (C=O) groups excluding carboxylic acids is 2. The van der Waals surface area contributed by atoms with E-state index >= 15 is 0 Å². The van der Waals surface area contributed by atoms with Gasteiger partial charge in [-0.1, -0.05) is 13.8 Å². The van der Waals surface area contributed by atoms with Crippen LogP contribution >= 0.6 is 0 Å². The number of nitrogens with zero attached hydrogens (tertiary/aromatic N) is 2. The van der Waals surface area contributed by atoms with Gasteiger partial charge in [0, 0.05) is 0 Å². The first kappa shape index (κ1) is 13.5. The van der Waals surface area contributed by atoms with E-state index in [1.807, 2.05) is 13.8 Å². The summed E-state index contributed by atoms with van der Waals surface area (Å²) in [6.07, 6.45) is 4.70. The minimum Gasteiger partial charge on any atom is -0.390 e. The first-order valence-corrected chi connectivity index (χ1v) is 4.90. The van der Waals surface area contributed by atoms with Gasteiger partial charge in [-0.25, -0.2) is 9.59 Å². The summed E-state index contributed by atoms with van der Waals surface area (Å²) in [6.45, 7) is 3.58. The van der Waals surface area contributed by atoms with Crippen LogP contribution in [-0.4, -0.2) is 37.5 Å². The van der Waals surface area contributed by atoms with Crippen LogP contribution in [0.15, 0.2) is 9.98 Å². The van der Waals surface area contributed by atoms with Gasteiger partial charge in [-0.05, 0) is 25.3 Å². The number of ether oxygens (including phenoxy) is 1. The Morgan fingerprint density at radius 1 is 1.00 bits per heavy atom. The number of aliphatic imine (C=N–C) groups is 2. The van der Waals surface area contributed by atoms with Gasteiger partial charge in [-0.15, -0.1) is 0 Å². The van der Waals surface area contributed by atoms with Crippen LogP contribution in [0.3, 0.4) is 0 Å². The molecule has 5 nitrogen and oxygen atoms in total. The highest BCUT2D eigenvalue weighted by molar-refractivity contribution is 5.88. The highest BCUT2D eigenvalue weighted by Crippen LogP contribution is 1.84. The summed E-state index contributed by atoms with van der Waals surface area (Å²) in [5.41, 5.74) is 0. The molecule has 0 atom stereocenters. The second-order valence-corrected chi connectivity index (χ2v) is 2.71. The Hall–Kier alpha value is -1.52. The molecule has 0 radical (unpaired) electrons. The standard InChI is InChI=1S/C10H16N2O3/c1-3-5-11-7-9(13)15-10(14)8-12-6-4-2/h5-6H,3-4,7-8H2,1-2H3. The molecule has 0 rings (SSSR count). The monoisotopic (exact) mass is 212 g/mol. The largest absolute Gasteiger partial charge is 0.390 e. The second-order valence-electron chi connectivity index (χ2n) is 2.71. The molecule has 5 heteroatoms. The maximum Gasteiger partial charge on any atom is 0.335 e. The summed E-state index contributed by atoms with van der Waals surface area (Å²) in [5, 5.41) is 0. The molecule has 0 fully saturated rings.